The van der Waals surface area contributed by atoms with E-state index in [1.165, 1.54) is 19.3 Å². The summed E-state index contributed by atoms with van der Waals surface area (Å²) in [6.07, 6.45) is 5.77. The molecule has 3 unspecified atom stereocenters. The summed E-state index contributed by atoms with van der Waals surface area (Å²) >= 11 is 0. The highest BCUT2D eigenvalue weighted by Crippen LogP contribution is 2.23. The third-order valence-electron chi connectivity index (χ3n) is 3.32. The first-order chi connectivity index (χ1) is 8.11. The monoisotopic (exact) mass is 243 g/mol. The number of rotatable bonds is 7. The Bertz CT molecular complexity index is 197. The minimum Gasteiger partial charge on any atom is -0.381 e. The van der Waals surface area contributed by atoms with Gasteiger partial charge in [-0.2, -0.15) is 0 Å². The molecule has 1 saturated carbocycles. The highest BCUT2D eigenvalue weighted by atomic mass is 16.5. The van der Waals surface area contributed by atoms with Gasteiger partial charge in [0.1, 0.15) is 0 Å². The van der Waals surface area contributed by atoms with Crippen LogP contribution in [-0.4, -0.2) is 38.5 Å². The van der Waals surface area contributed by atoms with E-state index in [1.807, 2.05) is 0 Å². The summed E-state index contributed by atoms with van der Waals surface area (Å²) in [5.74, 6) is 0.703. The molecular weight excluding hydrogens is 214 g/mol. The number of ether oxygens (including phenoxy) is 2. The van der Waals surface area contributed by atoms with E-state index < -0.39 is 0 Å². The van der Waals surface area contributed by atoms with Crippen molar-refractivity contribution < 1.29 is 9.47 Å². The zero-order valence-corrected chi connectivity index (χ0v) is 11.9. The third kappa shape index (κ3) is 6.39. The van der Waals surface area contributed by atoms with Crippen LogP contribution in [0.2, 0.25) is 0 Å². The molecule has 0 heterocycles. The van der Waals surface area contributed by atoms with Gasteiger partial charge in [0, 0.05) is 13.7 Å². The molecule has 1 aliphatic rings. The van der Waals surface area contributed by atoms with E-state index in [-0.39, 0.29) is 0 Å². The van der Waals surface area contributed by atoms with Crippen LogP contribution >= 0.6 is 0 Å². The van der Waals surface area contributed by atoms with Crippen molar-refractivity contribution in [2.45, 2.75) is 64.8 Å². The topological polar surface area (TPSA) is 30.5 Å². The fourth-order valence-corrected chi connectivity index (χ4v) is 2.39. The van der Waals surface area contributed by atoms with Gasteiger partial charge >= 0.3 is 0 Å². The van der Waals surface area contributed by atoms with Crippen molar-refractivity contribution in [3.63, 3.8) is 0 Å². The van der Waals surface area contributed by atoms with Gasteiger partial charge in [-0.05, 0) is 45.1 Å². The predicted molar refractivity (Wildman–Crippen MR) is 71.3 cm³/mol. The van der Waals surface area contributed by atoms with Crippen LogP contribution in [0, 0.1) is 5.92 Å². The summed E-state index contributed by atoms with van der Waals surface area (Å²) in [6, 6.07) is 0. The number of hydrogen-bond acceptors (Lipinski definition) is 3. The summed E-state index contributed by atoms with van der Waals surface area (Å²) in [4.78, 5) is 0. The Kier molecular flexibility index (Phi) is 7.09. The van der Waals surface area contributed by atoms with Gasteiger partial charge < -0.3 is 14.8 Å². The normalized spacial score (nSPS) is 27.4. The largest absolute Gasteiger partial charge is 0.381 e. The first-order valence-corrected chi connectivity index (χ1v) is 7.00. The number of methoxy groups -OCH3 is 1. The van der Waals surface area contributed by atoms with Crippen molar-refractivity contribution >= 4 is 0 Å². The van der Waals surface area contributed by atoms with Gasteiger partial charge in [0.25, 0.3) is 0 Å². The van der Waals surface area contributed by atoms with Gasteiger partial charge in [-0.1, -0.05) is 13.8 Å². The van der Waals surface area contributed by atoms with Crippen molar-refractivity contribution in [1.82, 2.24) is 5.32 Å². The smallest absolute Gasteiger partial charge is 0.0675 e. The molecule has 1 N–H and O–H groups in total. The van der Waals surface area contributed by atoms with E-state index in [4.69, 9.17) is 9.47 Å². The molecule has 0 amide bonds. The lowest BCUT2D eigenvalue weighted by Crippen LogP contribution is -2.35. The zero-order valence-electron chi connectivity index (χ0n) is 11.9. The van der Waals surface area contributed by atoms with Crippen molar-refractivity contribution in [2.75, 3.05) is 20.2 Å². The molecule has 1 rings (SSSR count). The molecule has 0 radical (unpaired) electrons. The average Bonchev–Trinajstić information content (AvgIpc) is 2.28. The van der Waals surface area contributed by atoms with E-state index in [1.54, 1.807) is 7.11 Å². The molecule has 0 bridgehead atoms. The molecular formula is C14H29NO2. The van der Waals surface area contributed by atoms with Crippen molar-refractivity contribution in [1.29, 1.82) is 0 Å². The standard InChI is InChI=1S/C14H29NO2/c1-11(2)9-15-10-12(3)17-14-7-5-6-13(8-14)16-4/h11-15H,5-10H2,1-4H3. The van der Waals surface area contributed by atoms with Crippen LogP contribution in [0.5, 0.6) is 0 Å². The first-order valence-electron chi connectivity index (χ1n) is 7.00. The third-order valence-corrected chi connectivity index (χ3v) is 3.32. The molecule has 3 heteroatoms. The molecule has 0 aliphatic heterocycles. The molecule has 3 nitrogen and oxygen atoms in total. The van der Waals surface area contributed by atoms with E-state index in [0.29, 0.717) is 24.2 Å². The van der Waals surface area contributed by atoms with Gasteiger partial charge in [0.15, 0.2) is 0 Å². The second-order valence-corrected chi connectivity index (χ2v) is 5.65. The van der Waals surface area contributed by atoms with Crippen molar-refractivity contribution in [2.24, 2.45) is 5.92 Å². The Labute approximate surface area is 106 Å². The minimum absolute atomic E-state index is 0.300. The summed E-state index contributed by atoms with van der Waals surface area (Å²) in [7, 11) is 1.81. The summed E-state index contributed by atoms with van der Waals surface area (Å²) in [6.45, 7) is 8.63. The van der Waals surface area contributed by atoms with Crippen molar-refractivity contribution in [3.05, 3.63) is 0 Å². The molecule has 1 fully saturated rings. The lowest BCUT2D eigenvalue weighted by atomic mass is 9.95. The predicted octanol–water partition coefficient (Wildman–Crippen LogP) is 2.59. The maximum Gasteiger partial charge on any atom is 0.0675 e. The molecule has 0 aromatic carbocycles. The van der Waals surface area contributed by atoms with E-state index in [2.05, 4.69) is 26.1 Å². The first kappa shape index (κ1) is 14.9. The van der Waals surface area contributed by atoms with Crippen LogP contribution in [0.25, 0.3) is 0 Å². The lowest BCUT2D eigenvalue weighted by molar-refractivity contribution is -0.0581. The minimum atomic E-state index is 0.300. The van der Waals surface area contributed by atoms with Crippen LogP contribution < -0.4 is 5.32 Å². The van der Waals surface area contributed by atoms with Gasteiger partial charge in [0.05, 0.1) is 18.3 Å². The highest BCUT2D eigenvalue weighted by Gasteiger charge is 2.23. The number of nitrogens with one attached hydrogen (secondary N) is 1. The molecule has 0 aromatic heterocycles. The molecule has 3 atom stereocenters. The van der Waals surface area contributed by atoms with E-state index >= 15 is 0 Å². The number of hydrogen-bond donors (Lipinski definition) is 1. The molecule has 17 heavy (non-hydrogen) atoms. The van der Waals surface area contributed by atoms with E-state index in [0.717, 1.165) is 19.5 Å². The Morgan fingerprint density at radius 2 is 1.82 bits per heavy atom. The van der Waals surface area contributed by atoms with Crippen LogP contribution in [-0.2, 0) is 9.47 Å². The zero-order chi connectivity index (χ0) is 12.7. The van der Waals surface area contributed by atoms with Gasteiger partial charge in [-0.15, -0.1) is 0 Å². The second-order valence-electron chi connectivity index (χ2n) is 5.65. The molecule has 0 saturated heterocycles. The summed E-state index contributed by atoms with van der Waals surface area (Å²) in [5, 5.41) is 3.44. The van der Waals surface area contributed by atoms with Gasteiger partial charge in [-0.3, -0.25) is 0 Å². The van der Waals surface area contributed by atoms with Crippen LogP contribution in [0.15, 0.2) is 0 Å². The SMILES string of the molecule is COC1CCCC(OC(C)CNCC(C)C)C1. The lowest BCUT2D eigenvalue weighted by Gasteiger charge is -2.30. The van der Waals surface area contributed by atoms with Crippen LogP contribution in [0.3, 0.4) is 0 Å². The fraction of sp³-hybridized carbons (Fsp3) is 1.00. The second kappa shape index (κ2) is 8.06. The summed E-state index contributed by atoms with van der Waals surface area (Å²) in [5.41, 5.74) is 0. The Morgan fingerprint density at radius 3 is 2.47 bits per heavy atom. The summed E-state index contributed by atoms with van der Waals surface area (Å²) < 4.78 is 11.5. The Balaban J connectivity index is 2.14. The average molecular weight is 243 g/mol. The highest BCUT2D eigenvalue weighted by molar-refractivity contribution is 4.74. The Hall–Kier alpha value is -0.120. The van der Waals surface area contributed by atoms with Crippen molar-refractivity contribution in [3.8, 4) is 0 Å². The Morgan fingerprint density at radius 1 is 1.12 bits per heavy atom. The molecule has 102 valence electrons. The van der Waals surface area contributed by atoms with Crippen LogP contribution in [0.4, 0.5) is 0 Å². The molecule has 1 aliphatic carbocycles. The van der Waals surface area contributed by atoms with Gasteiger partial charge in [0.2, 0.25) is 0 Å². The van der Waals surface area contributed by atoms with Gasteiger partial charge in [-0.25, -0.2) is 0 Å². The maximum absolute atomic E-state index is 6.06. The van der Waals surface area contributed by atoms with E-state index in [9.17, 15) is 0 Å². The molecule has 0 aromatic rings. The fourth-order valence-electron chi connectivity index (χ4n) is 2.39. The quantitative estimate of drug-likeness (QED) is 0.745. The van der Waals surface area contributed by atoms with Crippen LogP contribution in [0.1, 0.15) is 46.5 Å². The maximum atomic E-state index is 6.06. The molecule has 0 spiro atoms.